The van der Waals surface area contributed by atoms with Crippen LogP contribution in [0.5, 0.6) is 0 Å². The number of nitrogens with zero attached hydrogens (tertiary/aromatic N) is 2. The molecule has 0 aliphatic carbocycles. The fraction of sp³-hybridized carbons (Fsp3) is 0.529. The monoisotopic (exact) mass is 287 g/mol. The normalized spacial score (nSPS) is 13.0. The number of nitrogens with two attached hydrogens (primary N) is 1. The van der Waals surface area contributed by atoms with Crippen molar-refractivity contribution in [1.82, 2.24) is 9.55 Å². The topological polar surface area (TPSA) is 60.9 Å². The summed E-state index contributed by atoms with van der Waals surface area (Å²) < 4.78 is 2.16. The van der Waals surface area contributed by atoms with E-state index in [9.17, 15) is 4.79 Å². The quantitative estimate of drug-likeness (QED) is 0.851. The van der Waals surface area contributed by atoms with E-state index in [2.05, 4.69) is 22.5 Å². The summed E-state index contributed by atoms with van der Waals surface area (Å²) in [5.41, 5.74) is 8.06. The molecule has 0 radical (unpaired) electrons. The van der Waals surface area contributed by atoms with Gasteiger partial charge in [-0.1, -0.05) is 32.9 Å². The smallest absolute Gasteiger partial charge is 0.141 e. The van der Waals surface area contributed by atoms with Crippen LogP contribution in [0.1, 0.15) is 39.4 Å². The second-order valence-corrected chi connectivity index (χ2v) is 6.00. The van der Waals surface area contributed by atoms with Crippen LogP contribution in [0, 0.1) is 5.92 Å². The number of carbonyl (C=O) groups excluding carboxylic acids is 1. The van der Waals surface area contributed by atoms with Gasteiger partial charge in [0.1, 0.15) is 11.6 Å². The van der Waals surface area contributed by atoms with Crippen LogP contribution in [0.25, 0.3) is 11.0 Å². The maximum absolute atomic E-state index is 12.2. The molecule has 2 N–H and O–H groups in total. The second-order valence-electron chi connectivity index (χ2n) is 6.00. The molecule has 0 aliphatic heterocycles. The van der Waals surface area contributed by atoms with Crippen molar-refractivity contribution < 1.29 is 4.79 Å². The number of aromatic nitrogens is 2. The molecule has 114 valence electrons. The lowest BCUT2D eigenvalue weighted by atomic mass is 9.98. The predicted octanol–water partition coefficient (Wildman–Crippen LogP) is 2.93. The summed E-state index contributed by atoms with van der Waals surface area (Å²) in [7, 11) is 0. The summed E-state index contributed by atoms with van der Waals surface area (Å²) >= 11 is 0. The Bertz CT molecular complexity index is 616. The molecular weight excluding hydrogens is 262 g/mol. The van der Waals surface area contributed by atoms with Gasteiger partial charge in [0.25, 0.3) is 0 Å². The molecule has 21 heavy (non-hydrogen) atoms. The molecular formula is C17H25N3O. The number of fused-ring (bicyclic) bond motifs is 1. The van der Waals surface area contributed by atoms with Crippen molar-refractivity contribution in [2.24, 2.45) is 11.7 Å². The van der Waals surface area contributed by atoms with E-state index >= 15 is 0 Å². The number of aryl methyl sites for hydroxylation is 1. The molecule has 0 amide bonds. The standard InChI is InChI=1S/C17H25N3O/c1-4-9-20-16-8-6-5-7-15(16)19-17(20)11-13(21)10-14(18)12(2)3/h5-8,12,14H,4,9-11,18H2,1-3H3. The lowest BCUT2D eigenvalue weighted by molar-refractivity contribution is -0.119. The molecule has 1 aromatic carbocycles. The van der Waals surface area contributed by atoms with Crippen molar-refractivity contribution in [3.63, 3.8) is 0 Å². The Morgan fingerprint density at radius 2 is 2.05 bits per heavy atom. The Kier molecular flexibility index (Phi) is 5.12. The molecule has 4 heteroatoms. The maximum Gasteiger partial charge on any atom is 0.141 e. The largest absolute Gasteiger partial charge is 0.328 e. The zero-order chi connectivity index (χ0) is 15.4. The minimum absolute atomic E-state index is 0.0681. The average molecular weight is 287 g/mol. The van der Waals surface area contributed by atoms with E-state index in [-0.39, 0.29) is 11.8 Å². The van der Waals surface area contributed by atoms with Gasteiger partial charge in [-0.3, -0.25) is 4.79 Å². The Hall–Kier alpha value is -1.68. The molecule has 1 aromatic heterocycles. The number of hydrogen-bond donors (Lipinski definition) is 1. The highest BCUT2D eigenvalue weighted by molar-refractivity contribution is 5.83. The first kappa shape index (κ1) is 15.7. The van der Waals surface area contributed by atoms with Crippen LogP contribution in [0.15, 0.2) is 24.3 Å². The molecule has 0 fully saturated rings. The van der Waals surface area contributed by atoms with E-state index in [1.54, 1.807) is 0 Å². The molecule has 1 unspecified atom stereocenters. The van der Waals surface area contributed by atoms with Gasteiger partial charge in [0, 0.05) is 19.0 Å². The van der Waals surface area contributed by atoms with Crippen molar-refractivity contribution in [2.75, 3.05) is 0 Å². The average Bonchev–Trinajstić information content (AvgIpc) is 2.77. The number of para-hydroxylation sites is 2. The van der Waals surface area contributed by atoms with Crippen molar-refractivity contribution in [2.45, 2.75) is 52.6 Å². The molecule has 0 aliphatic rings. The number of imidazole rings is 1. The van der Waals surface area contributed by atoms with Crippen molar-refractivity contribution in [3.8, 4) is 0 Å². The zero-order valence-electron chi connectivity index (χ0n) is 13.2. The maximum atomic E-state index is 12.2. The molecule has 2 rings (SSSR count). The first-order chi connectivity index (χ1) is 10.0. The van der Waals surface area contributed by atoms with Crippen LogP contribution >= 0.6 is 0 Å². The number of rotatable bonds is 7. The summed E-state index contributed by atoms with van der Waals surface area (Å²) in [5.74, 6) is 1.35. The van der Waals surface area contributed by atoms with E-state index in [1.807, 2.05) is 32.0 Å². The Balaban J connectivity index is 2.21. The zero-order valence-corrected chi connectivity index (χ0v) is 13.2. The Morgan fingerprint density at radius 3 is 2.71 bits per heavy atom. The Morgan fingerprint density at radius 1 is 1.33 bits per heavy atom. The van der Waals surface area contributed by atoms with Gasteiger partial charge in [0.05, 0.1) is 17.5 Å². The number of ketones is 1. The van der Waals surface area contributed by atoms with Gasteiger partial charge < -0.3 is 10.3 Å². The van der Waals surface area contributed by atoms with Gasteiger partial charge in [-0.25, -0.2) is 4.98 Å². The van der Waals surface area contributed by atoms with Crippen LogP contribution in [0.4, 0.5) is 0 Å². The molecule has 1 atom stereocenters. The minimum atomic E-state index is -0.0681. The van der Waals surface area contributed by atoms with Gasteiger partial charge in [0.2, 0.25) is 0 Å². The minimum Gasteiger partial charge on any atom is -0.328 e. The van der Waals surface area contributed by atoms with Crippen molar-refractivity contribution in [1.29, 1.82) is 0 Å². The molecule has 1 heterocycles. The van der Waals surface area contributed by atoms with Gasteiger partial charge in [-0.15, -0.1) is 0 Å². The molecule has 0 saturated carbocycles. The summed E-state index contributed by atoms with van der Waals surface area (Å²) in [6, 6.07) is 7.98. The first-order valence-corrected chi connectivity index (χ1v) is 7.74. The lowest BCUT2D eigenvalue weighted by Gasteiger charge is -2.14. The number of carbonyl (C=O) groups is 1. The number of hydrogen-bond acceptors (Lipinski definition) is 3. The van der Waals surface area contributed by atoms with Crippen LogP contribution in [0.3, 0.4) is 0 Å². The van der Waals surface area contributed by atoms with E-state index in [4.69, 9.17) is 5.73 Å². The molecule has 0 bridgehead atoms. The van der Waals surface area contributed by atoms with Gasteiger partial charge in [-0.05, 0) is 24.5 Å². The number of Topliss-reactive ketones (excluding diaryl/α,β-unsaturated/α-hetero) is 1. The fourth-order valence-corrected chi connectivity index (χ4v) is 2.48. The summed E-state index contributed by atoms with van der Waals surface area (Å²) in [6.45, 7) is 7.11. The fourth-order valence-electron chi connectivity index (χ4n) is 2.48. The summed E-state index contributed by atoms with van der Waals surface area (Å²) in [5, 5.41) is 0. The van der Waals surface area contributed by atoms with E-state index < -0.39 is 0 Å². The summed E-state index contributed by atoms with van der Waals surface area (Å²) in [4.78, 5) is 16.9. The number of benzene rings is 1. The van der Waals surface area contributed by atoms with Crippen LogP contribution in [0.2, 0.25) is 0 Å². The highest BCUT2D eigenvalue weighted by Crippen LogP contribution is 2.18. The molecule has 4 nitrogen and oxygen atoms in total. The van der Waals surface area contributed by atoms with Gasteiger partial charge >= 0.3 is 0 Å². The van der Waals surface area contributed by atoms with Crippen LogP contribution in [-0.2, 0) is 17.8 Å². The third kappa shape index (κ3) is 3.70. The van der Waals surface area contributed by atoms with E-state index in [0.717, 1.165) is 29.8 Å². The SMILES string of the molecule is CCCn1c(CC(=O)CC(N)C(C)C)nc2ccccc21. The highest BCUT2D eigenvalue weighted by Gasteiger charge is 2.17. The van der Waals surface area contributed by atoms with Crippen LogP contribution in [-0.4, -0.2) is 21.4 Å². The molecule has 2 aromatic rings. The highest BCUT2D eigenvalue weighted by atomic mass is 16.1. The van der Waals surface area contributed by atoms with E-state index in [1.165, 1.54) is 0 Å². The summed E-state index contributed by atoms with van der Waals surface area (Å²) in [6.07, 6.45) is 1.81. The van der Waals surface area contributed by atoms with Crippen molar-refractivity contribution >= 4 is 16.8 Å². The second kappa shape index (κ2) is 6.85. The lowest BCUT2D eigenvalue weighted by Crippen LogP contribution is -2.30. The third-order valence-electron chi connectivity index (χ3n) is 3.86. The third-order valence-corrected chi connectivity index (χ3v) is 3.86. The van der Waals surface area contributed by atoms with E-state index in [0.29, 0.717) is 18.8 Å². The van der Waals surface area contributed by atoms with Gasteiger partial charge in [0.15, 0.2) is 0 Å². The van der Waals surface area contributed by atoms with Gasteiger partial charge in [-0.2, -0.15) is 0 Å². The van der Waals surface area contributed by atoms with Crippen LogP contribution < -0.4 is 5.73 Å². The first-order valence-electron chi connectivity index (χ1n) is 7.74. The van der Waals surface area contributed by atoms with Crippen molar-refractivity contribution in [3.05, 3.63) is 30.1 Å². The Labute approximate surface area is 126 Å². The molecule has 0 saturated heterocycles. The molecule has 0 spiro atoms. The predicted molar refractivity (Wildman–Crippen MR) is 86.2 cm³/mol.